The Balaban J connectivity index is 0.00000137. The van der Waals surface area contributed by atoms with Gasteiger partial charge >= 0.3 is 0 Å². The molecule has 0 aliphatic rings. The molecule has 1 aromatic rings. The topological polar surface area (TPSA) is 32.3 Å². The molecular weight excluding hydrogens is 222 g/mol. The second-order valence-corrected chi connectivity index (χ2v) is 4.12. The highest BCUT2D eigenvalue weighted by atomic mass is 16.3. The second-order valence-electron chi connectivity index (χ2n) is 4.12. The molecule has 0 fully saturated rings. The number of nitrogens with one attached hydrogen (secondary N) is 1. The van der Waals surface area contributed by atoms with E-state index in [9.17, 15) is 5.11 Å². The fourth-order valence-electron chi connectivity index (χ4n) is 1.77. The molecule has 0 spiro atoms. The lowest BCUT2D eigenvalue weighted by Crippen LogP contribution is -2.27. The molecule has 0 aliphatic carbocycles. The SMILES string of the molecule is CC.CCc1ccc(CNC(O)CC)c(CC)c1. The molecule has 0 aliphatic heterocycles. The minimum Gasteiger partial charge on any atom is -0.379 e. The van der Waals surface area contributed by atoms with E-state index in [4.69, 9.17) is 0 Å². The van der Waals surface area contributed by atoms with Crippen LogP contribution in [0, 0.1) is 0 Å². The van der Waals surface area contributed by atoms with Crippen molar-refractivity contribution in [2.24, 2.45) is 0 Å². The van der Waals surface area contributed by atoms with E-state index in [0.29, 0.717) is 0 Å². The summed E-state index contributed by atoms with van der Waals surface area (Å²) >= 11 is 0. The smallest absolute Gasteiger partial charge is 0.104 e. The molecule has 2 heteroatoms. The molecule has 0 bridgehead atoms. The summed E-state index contributed by atoms with van der Waals surface area (Å²) in [7, 11) is 0. The van der Waals surface area contributed by atoms with E-state index in [1.807, 2.05) is 20.8 Å². The van der Waals surface area contributed by atoms with Gasteiger partial charge in [0.25, 0.3) is 0 Å². The maximum atomic E-state index is 9.47. The third kappa shape index (κ3) is 5.65. The van der Waals surface area contributed by atoms with Crippen LogP contribution in [0.5, 0.6) is 0 Å². The maximum Gasteiger partial charge on any atom is 0.104 e. The highest BCUT2D eigenvalue weighted by Gasteiger charge is 2.04. The molecule has 1 atom stereocenters. The zero-order chi connectivity index (χ0) is 14.0. The van der Waals surface area contributed by atoms with Gasteiger partial charge in [0.1, 0.15) is 6.23 Å². The van der Waals surface area contributed by atoms with Crippen LogP contribution >= 0.6 is 0 Å². The number of aryl methyl sites for hydroxylation is 2. The minimum atomic E-state index is -0.393. The molecule has 0 saturated heterocycles. The molecule has 18 heavy (non-hydrogen) atoms. The van der Waals surface area contributed by atoms with Gasteiger partial charge in [-0.05, 0) is 36.0 Å². The van der Waals surface area contributed by atoms with Gasteiger partial charge in [0.15, 0.2) is 0 Å². The summed E-state index contributed by atoms with van der Waals surface area (Å²) in [5, 5.41) is 12.6. The van der Waals surface area contributed by atoms with Crippen LogP contribution in [0.15, 0.2) is 18.2 Å². The van der Waals surface area contributed by atoms with Gasteiger partial charge in [-0.15, -0.1) is 0 Å². The number of aliphatic hydroxyl groups excluding tert-OH is 1. The monoisotopic (exact) mass is 251 g/mol. The van der Waals surface area contributed by atoms with E-state index in [0.717, 1.165) is 25.8 Å². The Morgan fingerprint density at radius 1 is 1.06 bits per heavy atom. The predicted molar refractivity (Wildman–Crippen MR) is 79.7 cm³/mol. The molecule has 2 nitrogen and oxygen atoms in total. The van der Waals surface area contributed by atoms with Gasteiger partial charge in [-0.3, -0.25) is 5.32 Å². The maximum absolute atomic E-state index is 9.47. The van der Waals surface area contributed by atoms with Gasteiger partial charge in [-0.2, -0.15) is 0 Å². The van der Waals surface area contributed by atoms with E-state index < -0.39 is 6.23 Å². The first-order chi connectivity index (χ1) is 8.71. The van der Waals surface area contributed by atoms with Crippen molar-refractivity contribution < 1.29 is 5.11 Å². The van der Waals surface area contributed by atoms with Crippen molar-refractivity contribution in [3.05, 3.63) is 34.9 Å². The standard InChI is InChI=1S/C14H23NO.C2H6/c1-4-11-7-8-13(12(5-2)9-11)10-15-14(16)6-3;1-2/h7-9,14-16H,4-6,10H2,1-3H3;1-2H3. The molecule has 0 saturated carbocycles. The van der Waals surface area contributed by atoms with Gasteiger partial charge in [0, 0.05) is 6.54 Å². The summed E-state index contributed by atoms with van der Waals surface area (Å²) in [4.78, 5) is 0. The van der Waals surface area contributed by atoms with Crippen LogP contribution in [-0.2, 0) is 19.4 Å². The first kappa shape index (κ1) is 17.1. The average molecular weight is 251 g/mol. The van der Waals surface area contributed by atoms with Gasteiger partial charge in [-0.1, -0.05) is 52.8 Å². The quantitative estimate of drug-likeness (QED) is 0.756. The number of benzene rings is 1. The lowest BCUT2D eigenvalue weighted by atomic mass is 10.0. The van der Waals surface area contributed by atoms with Gasteiger partial charge in [-0.25, -0.2) is 0 Å². The van der Waals surface area contributed by atoms with Crippen molar-refractivity contribution >= 4 is 0 Å². The molecule has 0 radical (unpaired) electrons. The van der Waals surface area contributed by atoms with Crippen LogP contribution in [0.1, 0.15) is 57.7 Å². The van der Waals surface area contributed by atoms with Crippen LogP contribution in [0.3, 0.4) is 0 Å². The zero-order valence-electron chi connectivity index (χ0n) is 12.6. The van der Waals surface area contributed by atoms with Crippen LogP contribution in [0.4, 0.5) is 0 Å². The lowest BCUT2D eigenvalue weighted by molar-refractivity contribution is 0.131. The molecule has 1 rings (SSSR count). The summed E-state index contributed by atoms with van der Waals surface area (Å²) in [6.07, 6.45) is 2.48. The fraction of sp³-hybridized carbons (Fsp3) is 0.625. The second kappa shape index (κ2) is 10.1. The van der Waals surface area contributed by atoms with Gasteiger partial charge in [0.2, 0.25) is 0 Å². The number of hydrogen-bond donors (Lipinski definition) is 2. The zero-order valence-corrected chi connectivity index (χ0v) is 12.6. The number of aliphatic hydroxyl groups is 1. The molecule has 1 aromatic carbocycles. The van der Waals surface area contributed by atoms with Crippen molar-refractivity contribution in [1.82, 2.24) is 5.32 Å². The van der Waals surface area contributed by atoms with Crippen LogP contribution in [0.2, 0.25) is 0 Å². The van der Waals surface area contributed by atoms with Crippen molar-refractivity contribution in [2.45, 2.75) is 66.7 Å². The fourth-order valence-corrected chi connectivity index (χ4v) is 1.77. The third-order valence-electron chi connectivity index (χ3n) is 2.97. The highest BCUT2D eigenvalue weighted by Crippen LogP contribution is 2.13. The molecular formula is C16H29NO. The van der Waals surface area contributed by atoms with E-state index in [1.54, 1.807) is 0 Å². The molecule has 104 valence electrons. The lowest BCUT2D eigenvalue weighted by Gasteiger charge is -2.14. The molecule has 0 aromatic heterocycles. The van der Waals surface area contributed by atoms with Crippen molar-refractivity contribution in [1.29, 1.82) is 0 Å². The van der Waals surface area contributed by atoms with Crippen LogP contribution in [0.25, 0.3) is 0 Å². The largest absolute Gasteiger partial charge is 0.379 e. The van der Waals surface area contributed by atoms with Crippen molar-refractivity contribution in [3.8, 4) is 0 Å². The summed E-state index contributed by atoms with van der Waals surface area (Å²) in [5.74, 6) is 0. The Hall–Kier alpha value is -0.860. The minimum absolute atomic E-state index is 0.393. The van der Waals surface area contributed by atoms with E-state index >= 15 is 0 Å². The normalized spacial score (nSPS) is 11.7. The number of rotatable bonds is 6. The molecule has 2 N–H and O–H groups in total. The van der Waals surface area contributed by atoms with Crippen LogP contribution in [-0.4, -0.2) is 11.3 Å². The Morgan fingerprint density at radius 3 is 2.22 bits per heavy atom. The highest BCUT2D eigenvalue weighted by molar-refractivity contribution is 5.32. The Bertz CT molecular complexity index is 323. The number of hydrogen-bond acceptors (Lipinski definition) is 2. The molecule has 1 unspecified atom stereocenters. The Labute approximate surface area is 112 Å². The molecule has 0 amide bonds. The Morgan fingerprint density at radius 2 is 1.72 bits per heavy atom. The van der Waals surface area contributed by atoms with E-state index in [1.165, 1.54) is 16.7 Å². The van der Waals surface area contributed by atoms with Gasteiger partial charge < -0.3 is 5.11 Å². The third-order valence-corrected chi connectivity index (χ3v) is 2.97. The summed E-state index contributed by atoms with van der Waals surface area (Å²) in [6.45, 7) is 11.1. The summed E-state index contributed by atoms with van der Waals surface area (Å²) < 4.78 is 0. The summed E-state index contributed by atoms with van der Waals surface area (Å²) in [6, 6.07) is 6.62. The van der Waals surface area contributed by atoms with Crippen molar-refractivity contribution in [2.75, 3.05) is 0 Å². The van der Waals surface area contributed by atoms with Crippen molar-refractivity contribution in [3.63, 3.8) is 0 Å². The van der Waals surface area contributed by atoms with E-state index in [2.05, 4.69) is 37.4 Å². The van der Waals surface area contributed by atoms with Crippen LogP contribution < -0.4 is 5.32 Å². The summed E-state index contributed by atoms with van der Waals surface area (Å²) in [5.41, 5.74) is 4.07. The molecule has 0 heterocycles. The predicted octanol–water partition coefficient (Wildman–Crippen LogP) is 3.66. The average Bonchev–Trinajstić information content (AvgIpc) is 2.46. The first-order valence-electron chi connectivity index (χ1n) is 7.23. The van der Waals surface area contributed by atoms with E-state index in [-0.39, 0.29) is 0 Å². The Kier molecular flexibility index (Phi) is 9.62. The first-order valence-corrected chi connectivity index (χ1v) is 7.23. The van der Waals surface area contributed by atoms with Gasteiger partial charge in [0.05, 0.1) is 0 Å².